The zero-order valence-electron chi connectivity index (χ0n) is 8.02. The highest BCUT2D eigenvalue weighted by atomic mass is 14.6. The first kappa shape index (κ1) is 7.78. The van der Waals surface area contributed by atoms with Crippen LogP contribution in [0.15, 0.2) is 12.4 Å². The van der Waals surface area contributed by atoms with Crippen LogP contribution in [0, 0.1) is 0 Å². The van der Waals surface area contributed by atoms with Gasteiger partial charge in [-0.05, 0) is 34.9 Å². The number of fused-ring (bicyclic) bond motifs is 1. The molecule has 1 aliphatic rings. The molecule has 1 aromatic heterocycles. The second kappa shape index (κ2) is 2.32. The number of aromatic nitrogens is 1. The van der Waals surface area contributed by atoms with E-state index in [1.165, 1.54) is 24.0 Å². The minimum Gasteiger partial charge on any atom is -0.264 e. The first-order valence-corrected chi connectivity index (χ1v) is 4.55. The monoisotopic (exact) mass is 161 g/mol. The van der Waals surface area contributed by atoms with Crippen LogP contribution in [0.1, 0.15) is 37.5 Å². The Hall–Kier alpha value is -0.850. The number of pyridine rings is 1. The molecule has 0 aliphatic heterocycles. The van der Waals surface area contributed by atoms with Crippen LogP contribution in [0.3, 0.4) is 0 Å². The van der Waals surface area contributed by atoms with Crippen molar-refractivity contribution in [3.8, 4) is 0 Å². The van der Waals surface area contributed by atoms with Gasteiger partial charge in [-0.15, -0.1) is 0 Å². The van der Waals surface area contributed by atoms with Gasteiger partial charge in [-0.25, -0.2) is 0 Å². The number of hydrogen-bond donors (Lipinski definition) is 0. The minimum atomic E-state index is 0.263. The van der Waals surface area contributed by atoms with Crippen LogP contribution in [-0.2, 0) is 18.3 Å². The Bertz CT molecular complexity index is 307. The zero-order valence-corrected chi connectivity index (χ0v) is 8.02. The van der Waals surface area contributed by atoms with Crippen molar-refractivity contribution in [2.75, 3.05) is 0 Å². The van der Waals surface area contributed by atoms with Crippen LogP contribution >= 0.6 is 0 Å². The molecule has 0 amide bonds. The highest BCUT2D eigenvalue weighted by Crippen LogP contribution is 2.32. The van der Waals surface area contributed by atoms with Gasteiger partial charge in [0.2, 0.25) is 0 Å². The summed E-state index contributed by atoms with van der Waals surface area (Å²) in [7, 11) is 0. The maximum Gasteiger partial charge on any atom is 0.0308 e. The van der Waals surface area contributed by atoms with Gasteiger partial charge in [0.05, 0.1) is 0 Å². The summed E-state index contributed by atoms with van der Waals surface area (Å²) >= 11 is 0. The molecule has 1 aromatic rings. The maximum absolute atomic E-state index is 4.26. The smallest absolute Gasteiger partial charge is 0.0308 e. The molecule has 0 radical (unpaired) electrons. The van der Waals surface area contributed by atoms with E-state index in [2.05, 4.69) is 25.8 Å². The fraction of sp³-hybridized carbons (Fsp3) is 0.545. The largest absolute Gasteiger partial charge is 0.264 e. The molecular formula is C11H15N. The summed E-state index contributed by atoms with van der Waals surface area (Å²) in [5.41, 5.74) is 4.71. The van der Waals surface area contributed by atoms with Crippen LogP contribution in [0.2, 0.25) is 0 Å². The topological polar surface area (TPSA) is 12.9 Å². The van der Waals surface area contributed by atoms with Crippen molar-refractivity contribution in [3.63, 3.8) is 0 Å². The number of aryl methyl sites for hydroxylation is 1. The highest BCUT2D eigenvalue weighted by molar-refractivity contribution is 5.42. The lowest BCUT2D eigenvalue weighted by molar-refractivity contribution is 0.568. The van der Waals surface area contributed by atoms with Crippen molar-refractivity contribution < 1.29 is 0 Å². The van der Waals surface area contributed by atoms with Gasteiger partial charge in [0, 0.05) is 12.4 Å². The third kappa shape index (κ3) is 1.04. The average molecular weight is 161 g/mol. The Balaban J connectivity index is 2.52. The number of nitrogens with zero attached hydrogens (tertiary/aromatic N) is 1. The first-order chi connectivity index (χ1) is 5.59. The third-order valence-corrected chi connectivity index (χ3v) is 2.60. The summed E-state index contributed by atoms with van der Waals surface area (Å²) in [5.74, 6) is 0. The third-order valence-electron chi connectivity index (χ3n) is 2.60. The second-order valence-electron chi connectivity index (χ2n) is 4.57. The predicted molar refractivity (Wildman–Crippen MR) is 50.3 cm³/mol. The van der Waals surface area contributed by atoms with Crippen molar-refractivity contribution in [2.45, 2.75) is 39.0 Å². The van der Waals surface area contributed by atoms with E-state index in [1.54, 1.807) is 5.56 Å². The minimum absolute atomic E-state index is 0.263. The van der Waals surface area contributed by atoms with Crippen LogP contribution in [0.25, 0.3) is 0 Å². The molecule has 0 unspecified atom stereocenters. The van der Waals surface area contributed by atoms with E-state index in [9.17, 15) is 0 Å². The molecule has 0 saturated heterocycles. The van der Waals surface area contributed by atoms with Crippen LogP contribution in [0.5, 0.6) is 0 Å². The molecule has 0 fully saturated rings. The van der Waals surface area contributed by atoms with Crippen molar-refractivity contribution >= 4 is 0 Å². The molecule has 64 valence electrons. The van der Waals surface area contributed by atoms with Crippen molar-refractivity contribution in [3.05, 3.63) is 29.1 Å². The van der Waals surface area contributed by atoms with Gasteiger partial charge < -0.3 is 0 Å². The molecule has 0 bridgehead atoms. The number of rotatable bonds is 0. The normalized spacial score (nSPS) is 15.2. The first-order valence-electron chi connectivity index (χ1n) is 4.55. The average Bonchev–Trinajstić information content (AvgIpc) is 1.88. The van der Waals surface area contributed by atoms with Crippen LogP contribution in [-0.4, -0.2) is 4.98 Å². The Morgan fingerprint density at radius 2 is 1.92 bits per heavy atom. The Morgan fingerprint density at radius 3 is 2.33 bits per heavy atom. The van der Waals surface area contributed by atoms with Gasteiger partial charge in [-0.3, -0.25) is 4.98 Å². The maximum atomic E-state index is 4.26. The fourth-order valence-electron chi connectivity index (χ4n) is 1.77. The zero-order chi connectivity index (χ0) is 8.77. The molecule has 0 spiro atoms. The van der Waals surface area contributed by atoms with Gasteiger partial charge in [-0.1, -0.05) is 20.8 Å². The molecule has 1 heteroatoms. The fourth-order valence-corrected chi connectivity index (χ4v) is 1.77. The summed E-state index contributed by atoms with van der Waals surface area (Å²) in [5, 5.41) is 0. The molecule has 0 N–H and O–H groups in total. The summed E-state index contributed by atoms with van der Waals surface area (Å²) in [6.45, 7) is 6.76. The van der Waals surface area contributed by atoms with E-state index in [0.717, 1.165) is 0 Å². The molecule has 12 heavy (non-hydrogen) atoms. The molecule has 0 saturated carbocycles. The molecule has 1 aliphatic carbocycles. The quantitative estimate of drug-likeness (QED) is 0.569. The summed E-state index contributed by atoms with van der Waals surface area (Å²) in [6, 6.07) is 0. The predicted octanol–water partition coefficient (Wildman–Crippen LogP) is 2.48. The standard InChI is InChI=1S/C11H15N/c1-11(2,3)10-7-12-6-8-4-5-9(8)10/h6-7H,4-5H2,1-3H3. The molecule has 0 aromatic carbocycles. The SMILES string of the molecule is CC(C)(C)c1cncc2c1CC2. The highest BCUT2D eigenvalue weighted by Gasteiger charge is 2.24. The number of hydrogen-bond acceptors (Lipinski definition) is 1. The molecule has 0 atom stereocenters. The van der Waals surface area contributed by atoms with Crippen LogP contribution < -0.4 is 0 Å². The van der Waals surface area contributed by atoms with E-state index in [0.29, 0.717) is 0 Å². The van der Waals surface area contributed by atoms with Crippen LogP contribution in [0.4, 0.5) is 0 Å². The van der Waals surface area contributed by atoms with Crippen molar-refractivity contribution in [2.24, 2.45) is 0 Å². The van der Waals surface area contributed by atoms with Gasteiger partial charge >= 0.3 is 0 Å². The molecule has 2 rings (SSSR count). The lowest BCUT2D eigenvalue weighted by atomic mass is 9.77. The Kier molecular flexibility index (Phi) is 1.50. The van der Waals surface area contributed by atoms with E-state index >= 15 is 0 Å². The summed E-state index contributed by atoms with van der Waals surface area (Å²) in [4.78, 5) is 4.26. The lowest BCUT2D eigenvalue weighted by Gasteiger charge is -2.28. The van der Waals surface area contributed by atoms with E-state index in [4.69, 9.17) is 0 Å². The van der Waals surface area contributed by atoms with Gasteiger partial charge in [0.1, 0.15) is 0 Å². The van der Waals surface area contributed by atoms with E-state index in [1.807, 2.05) is 12.4 Å². The lowest BCUT2D eigenvalue weighted by Crippen LogP contribution is -2.21. The molecular weight excluding hydrogens is 146 g/mol. The Labute approximate surface area is 73.8 Å². The van der Waals surface area contributed by atoms with Crippen molar-refractivity contribution in [1.29, 1.82) is 0 Å². The molecule has 1 heterocycles. The van der Waals surface area contributed by atoms with E-state index < -0.39 is 0 Å². The van der Waals surface area contributed by atoms with Gasteiger partial charge in [-0.2, -0.15) is 0 Å². The van der Waals surface area contributed by atoms with E-state index in [-0.39, 0.29) is 5.41 Å². The van der Waals surface area contributed by atoms with Crippen molar-refractivity contribution in [1.82, 2.24) is 4.98 Å². The second-order valence-corrected chi connectivity index (χ2v) is 4.57. The summed E-state index contributed by atoms with van der Waals surface area (Å²) < 4.78 is 0. The molecule has 1 nitrogen and oxygen atoms in total. The Morgan fingerprint density at radius 1 is 1.17 bits per heavy atom. The summed E-state index contributed by atoms with van der Waals surface area (Å²) in [6.07, 6.45) is 6.52. The van der Waals surface area contributed by atoms with Gasteiger partial charge in [0.15, 0.2) is 0 Å². The van der Waals surface area contributed by atoms with Gasteiger partial charge in [0.25, 0.3) is 0 Å².